The first-order valence-corrected chi connectivity index (χ1v) is 7.84. The first kappa shape index (κ1) is 14.8. The van der Waals surface area contributed by atoms with E-state index in [0.717, 1.165) is 41.1 Å². The maximum atomic E-state index is 13.5. The fraction of sp³-hybridized carbons (Fsp3) is 0.188. The lowest BCUT2D eigenvalue weighted by Crippen LogP contribution is -2.36. The molecule has 1 aliphatic heterocycles. The third-order valence-corrected chi connectivity index (χ3v) is 4.40. The van der Waals surface area contributed by atoms with E-state index in [0.29, 0.717) is 0 Å². The number of nitrogens with one attached hydrogen (secondary N) is 1. The molecule has 22 heavy (non-hydrogen) atoms. The topological polar surface area (TPSA) is 32.3 Å². The average Bonchev–Trinajstić information content (AvgIpc) is 2.51. The fourth-order valence-electron chi connectivity index (χ4n) is 2.35. The van der Waals surface area contributed by atoms with Gasteiger partial charge in [0.05, 0.1) is 17.9 Å². The van der Waals surface area contributed by atoms with E-state index < -0.39 is 11.6 Å². The second-order valence-corrected chi connectivity index (χ2v) is 6.05. The minimum absolute atomic E-state index is 0.105. The van der Waals surface area contributed by atoms with Crippen molar-refractivity contribution >= 4 is 29.0 Å². The molecule has 0 saturated carbocycles. The molecule has 1 N–H and O–H groups in total. The van der Waals surface area contributed by atoms with Crippen molar-refractivity contribution in [3.8, 4) is 0 Å². The molecule has 0 fully saturated rings. The highest BCUT2D eigenvalue weighted by Crippen LogP contribution is 2.34. The summed E-state index contributed by atoms with van der Waals surface area (Å²) in [7, 11) is 0. The number of carbonyl (C=O) groups is 1. The monoisotopic (exact) mass is 320 g/mol. The molecule has 0 bridgehead atoms. The van der Waals surface area contributed by atoms with Crippen LogP contribution in [-0.2, 0) is 4.79 Å². The van der Waals surface area contributed by atoms with Gasteiger partial charge in [-0.2, -0.15) is 0 Å². The van der Waals surface area contributed by atoms with Crippen LogP contribution in [0.5, 0.6) is 0 Å². The van der Waals surface area contributed by atoms with Gasteiger partial charge in [0, 0.05) is 23.3 Å². The van der Waals surface area contributed by atoms with Gasteiger partial charge >= 0.3 is 0 Å². The van der Waals surface area contributed by atoms with Gasteiger partial charge in [-0.25, -0.2) is 8.78 Å². The van der Waals surface area contributed by atoms with E-state index in [2.05, 4.69) is 5.32 Å². The lowest BCUT2D eigenvalue weighted by atomic mass is 10.2. The summed E-state index contributed by atoms with van der Waals surface area (Å²) in [5.41, 5.74) is 0.860. The zero-order valence-corrected chi connectivity index (χ0v) is 12.5. The molecule has 2 aromatic carbocycles. The molecule has 1 heterocycles. The molecular formula is C16H14F2N2OS. The maximum Gasteiger partial charge on any atom is 0.243 e. The van der Waals surface area contributed by atoms with Gasteiger partial charge < -0.3 is 10.2 Å². The van der Waals surface area contributed by atoms with Crippen LogP contribution in [0.3, 0.4) is 0 Å². The molecule has 0 unspecified atom stereocenters. The van der Waals surface area contributed by atoms with E-state index >= 15 is 0 Å². The molecule has 0 aliphatic carbocycles. The largest absolute Gasteiger partial charge is 0.360 e. The molecule has 6 heteroatoms. The van der Waals surface area contributed by atoms with Crippen molar-refractivity contribution < 1.29 is 13.6 Å². The van der Waals surface area contributed by atoms with Crippen LogP contribution in [0.1, 0.15) is 0 Å². The van der Waals surface area contributed by atoms with Crippen LogP contribution >= 0.6 is 11.8 Å². The number of anilines is 2. The van der Waals surface area contributed by atoms with Crippen molar-refractivity contribution in [3.05, 3.63) is 54.1 Å². The van der Waals surface area contributed by atoms with Crippen molar-refractivity contribution in [1.29, 1.82) is 0 Å². The lowest BCUT2D eigenvalue weighted by Gasteiger charge is -2.30. The standard InChI is InChI=1S/C16H14F2N2OS/c17-11-5-6-12(18)13(9-11)19-16(21)10-20-7-8-22-15-4-2-1-3-14(15)20/h1-6,9H,7-8,10H2,(H,19,21). The highest BCUT2D eigenvalue weighted by atomic mass is 32.2. The van der Waals surface area contributed by atoms with E-state index in [-0.39, 0.29) is 18.1 Å². The summed E-state index contributed by atoms with van der Waals surface area (Å²) < 4.78 is 26.7. The number of benzene rings is 2. The Hall–Kier alpha value is -2.08. The lowest BCUT2D eigenvalue weighted by molar-refractivity contribution is -0.115. The summed E-state index contributed by atoms with van der Waals surface area (Å²) in [6, 6.07) is 10.8. The molecule has 3 rings (SSSR count). The van der Waals surface area contributed by atoms with Gasteiger partial charge in [-0.3, -0.25) is 4.79 Å². The Kier molecular flexibility index (Phi) is 4.29. The summed E-state index contributed by atoms with van der Waals surface area (Å²) in [5, 5.41) is 2.43. The molecule has 0 atom stereocenters. The van der Waals surface area contributed by atoms with Crippen molar-refractivity contribution in [2.75, 3.05) is 29.1 Å². The summed E-state index contributed by atoms with van der Waals surface area (Å²) >= 11 is 1.74. The van der Waals surface area contributed by atoms with Gasteiger partial charge in [0.1, 0.15) is 11.6 Å². The molecule has 3 nitrogen and oxygen atoms in total. The van der Waals surface area contributed by atoms with Gasteiger partial charge in [0.15, 0.2) is 0 Å². The van der Waals surface area contributed by atoms with Crippen LogP contribution in [0.15, 0.2) is 47.4 Å². The van der Waals surface area contributed by atoms with Crippen LogP contribution in [0.4, 0.5) is 20.2 Å². The first-order chi connectivity index (χ1) is 10.6. The summed E-state index contributed by atoms with van der Waals surface area (Å²) in [5.74, 6) is -0.717. The fourth-order valence-corrected chi connectivity index (χ4v) is 3.40. The van der Waals surface area contributed by atoms with Crippen molar-refractivity contribution in [1.82, 2.24) is 0 Å². The van der Waals surface area contributed by atoms with Crippen molar-refractivity contribution in [2.24, 2.45) is 0 Å². The number of thioether (sulfide) groups is 1. The van der Waals surface area contributed by atoms with Gasteiger partial charge in [-0.15, -0.1) is 11.8 Å². The minimum atomic E-state index is -0.649. The summed E-state index contributed by atoms with van der Waals surface area (Å²) in [6.07, 6.45) is 0. The van der Waals surface area contributed by atoms with Crippen LogP contribution in [0.2, 0.25) is 0 Å². The zero-order valence-electron chi connectivity index (χ0n) is 11.7. The van der Waals surface area contributed by atoms with E-state index in [1.165, 1.54) is 0 Å². The van der Waals surface area contributed by atoms with Crippen LogP contribution in [0.25, 0.3) is 0 Å². The second-order valence-electron chi connectivity index (χ2n) is 4.91. The predicted octanol–water partition coefficient (Wildman–Crippen LogP) is 3.52. The Balaban J connectivity index is 1.72. The average molecular weight is 320 g/mol. The first-order valence-electron chi connectivity index (χ1n) is 6.85. The molecule has 0 saturated heterocycles. The molecule has 0 spiro atoms. The molecule has 1 amide bonds. The van der Waals surface area contributed by atoms with Gasteiger partial charge in [-0.05, 0) is 24.3 Å². The van der Waals surface area contributed by atoms with E-state index in [1.54, 1.807) is 11.8 Å². The quantitative estimate of drug-likeness (QED) is 0.939. The number of fused-ring (bicyclic) bond motifs is 1. The predicted molar refractivity (Wildman–Crippen MR) is 84.4 cm³/mol. The Morgan fingerprint density at radius 2 is 2.05 bits per heavy atom. The SMILES string of the molecule is O=C(CN1CCSc2ccccc21)Nc1cc(F)ccc1F. The Labute approximate surface area is 131 Å². The minimum Gasteiger partial charge on any atom is -0.360 e. The highest BCUT2D eigenvalue weighted by Gasteiger charge is 2.19. The van der Waals surface area contributed by atoms with Crippen molar-refractivity contribution in [2.45, 2.75) is 4.90 Å². The van der Waals surface area contributed by atoms with Gasteiger partial charge in [0.2, 0.25) is 5.91 Å². The number of para-hydroxylation sites is 1. The normalized spacial score (nSPS) is 13.6. The summed E-state index contributed by atoms with van der Waals surface area (Å²) in [6.45, 7) is 0.842. The van der Waals surface area contributed by atoms with Crippen LogP contribution in [0, 0.1) is 11.6 Å². The number of hydrogen-bond acceptors (Lipinski definition) is 3. The summed E-state index contributed by atoms with van der Waals surface area (Å²) in [4.78, 5) is 15.2. The molecule has 0 radical (unpaired) electrons. The molecular weight excluding hydrogens is 306 g/mol. The van der Waals surface area contributed by atoms with Gasteiger partial charge in [0.25, 0.3) is 0 Å². The molecule has 0 aromatic heterocycles. The maximum absolute atomic E-state index is 13.5. The molecule has 1 aliphatic rings. The van der Waals surface area contributed by atoms with Gasteiger partial charge in [-0.1, -0.05) is 12.1 Å². The number of carbonyl (C=O) groups excluding carboxylic acids is 1. The number of amides is 1. The van der Waals surface area contributed by atoms with E-state index in [4.69, 9.17) is 0 Å². The number of hydrogen-bond donors (Lipinski definition) is 1. The third-order valence-electron chi connectivity index (χ3n) is 3.36. The Bertz CT molecular complexity index is 708. The smallest absolute Gasteiger partial charge is 0.243 e. The van der Waals surface area contributed by atoms with Crippen LogP contribution in [-0.4, -0.2) is 24.7 Å². The van der Waals surface area contributed by atoms with E-state index in [9.17, 15) is 13.6 Å². The molecule has 114 valence electrons. The van der Waals surface area contributed by atoms with E-state index in [1.807, 2.05) is 29.2 Å². The second kappa shape index (κ2) is 6.36. The number of rotatable bonds is 3. The zero-order chi connectivity index (χ0) is 15.5. The number of nitrogens with zero attached hydrogens (tertiary/aromatic N) is 1. The molecule has 2 aromatic rings. The number of halogens is 2. The van der Waals surface area contributed by atoms with Crippen molar-refractivity contribution in [3.63, 3.8) is 0 Å². The Morgan fingerprint density at radius 3 is 2.91 bits per heavy atom. The highest BCUT2D eigenvalue weighted by molar-refractivity contribution is 7.99. The van der Waals surface area contributed by atoms with Crippen LogP contribution < -0.4 is 10.2 Å². The Morgan fingerprint density at radius 1 is 1.23 bits per heavy atom. The third kappa shape index (κ3) is 3.22.